The van der Waals surface area contributed by atoms with Crippen LogP contribution in [0, 0.1) is 6.92 Å². The number of nitrogens with one attached hydrogen (secondary N) is 2. The molecule has 5 nitrogen and oxygen atoms in total. The van der Waals surface area contributed by atoms with E-state index in [0.29, 0.717) is 16.5 Å². The fraction of sp³-hybridized carbons (Fsp3) is 0.0476. The maximum Gasteiger partial charge on any atom is 0.272 e. The van der Waals surface area contributed by atoms with Crippen LogP contribution in [0.4, 0.5) is 5.69 Å². The normalized spacial score (nSPS) is 11.1. The third kappa shape index (κ3) is 4.86. The Balaban J connectivity index is 1.85. The Morgan fingerprint density at radius 1 is 1.00 bits per heavy atom. The largest absolute Gasteiger partial charge is 0.465 e. The minimum atomic E-state index is -0.488. The summed E-state index contributed by atoms with van der Waals surface area (Å²) >= 11 is 6.07. The van der Waals surface area contributed by atoms with Crippen molar-refractivity contribution in [2.24, 2.45) is 0 Å². The van der Waals surface area contributed by atoms with Crippen molar-refractivity contribution in [3.8, 4) is 0 Å². The van der Waals surface area contributed by atoms with Crippen LogP contribution in [0.1, 0.15) is 21.7 Å². The fourth-order valence-electron chi connectivity index (χ4n) is 2.34. The molecule has 0 radical (unpaired) electrons. The molecule has 6 heteroatoms. The van der Waals surface area contributed by atoms with Gasteiger partial charge in [-0.25, -0.2) is 0 Å². The molecule has 0 aliphatic rings. The highest BCUT2D eigenvalue weighted by molar-refractivity contribution is 6.34. The Kier molecular flexibility index (Phi) is 5.74. The predicted molar refractivity (Wildman–Crippen MR) is 105 cm³/mol. The average molecular weight is 381 g/mol. The summed E-state index contributed by atoms with van der Waals surface area (Å²) in [5.74, 6) is -0.531. The van der Waals surface area contributed by atoms with Crippen LogP contribution in [0.25, 0.3) is 6.08 Å². The monoisotopic (exact) mass is 380 g/mol. The number of aryl methyl sites for hydroxylation is 1. The SMILES string of the molecule is Cc1ccc(NC(=O)/C(=C/c2ccco2)NC(=O)c2ccccc2Cl)cc1. The van der Waals surface area contributed by atoms with Crippen LogP contribution in [-0.4, -0.2) is 11.8 Å². The lowest BCUT2D eigenvalue weighted by molar-refractivity contribution is -0.113. The third-order valence-electron chi connectivity index (χ3n) is 3.75. The van der Waals surface area contributed by atoms with Gasteiger partial charge in [-0.3, -0.25) is 9.59 Å². The standard InChI is InChI=1S/C21H17ClN2O3/c1-14-8-10-15(11-9-14)23-21(26)19(13-16-5-4-12-27-16)24-20(25)17-6-2-3-7-18(17)22/h2-13H,1H3,(H,23,26)(H,24,25)/b19-13-. The molecule has 3 rings (SSSR count). The molecule has 0 saturated heterocycles. The number of benzene rings is 2. The Bertz CT molecular complexity index is 977. The van der Waals surface area contributed by atoms with Crippen molar-refractivity contribution in [3.05, 3.63) is 94.5 Å². The molecule has 0 unspecified atom stereocenters. The summed E-state index contributed by atoms with van der Waals surface area (Å²) in [4.78, 5) is 25.3. The van der Waals surface area contributed by atoms with E-state index in [1.807, 2.05) is 19.1 Å². The molecular weight excluding hydrogens is 364 g/mol. The molecule has 136 valence electrons. The second-order valence-corrected chi connectivity index (χ2v) is 6.23. The summed E-state index contributed by atoms with van der Waals surface area (Å²) in [5, 5.41) is 5.66. The maximum atomic E-state index is 12.7. The van der Waals surface area contributed by atoms with Crippen molar-refractivity contribution < 1.29 is 14.0 Å². The van der Waals surface area contributed by atoms with Gasteiger partial charge in [-0.15, -0.1) is 0 Å². The molecule has 0 saturated carbocycles. The van der Waals surface area contributed by atoms with E-state index < -0.39 is 11.8 Å². The lowest BCUT2D eigenvalue weighted by Crippen LogP contribution is -2.30. The average Bonchev–Trinajstić information content (AvgIpc) is 3.16. The van der Waals surface area contributed by atoms with E-state index in [2.05, 4.69) is 10.6 Å². The van der Waals surface area contributed by atoms with Gasteiger partial charge < -0.3 is 15.1 Å². The highest BCUT2D eigenvalue weighted by atomic mass is 35.5. The molecule has 0 atom stereocenters. The van der Waals surface area contributed by atoms with Crippen LogP contribution >= 0.6 is 11.6 Å². The quantitative estimate of drug-likeness (QED) is 0.633. The summed E-state index contributed by atoms with van der Waals surface area (Å²) in [6.07, 6.45) is 2.94. The number of halogens is 1. The molecule has 27 heavy (non-hydrogen) atoms. The van der Waals surface area contributed by atoms with E-state index in [1.165, 1.54) is 12.3 Å². The molecule has 1 heterocycles. The summed E-state index contributed by atoms with van der Waals surface area (Å²) in [7, 11) is 0. The maximum absolute atomic E-state index is 12.7. The number of carbonyl (C=O) groups excluding carboxylic acids is 2. The van der Waals surface area contributed by atoms with Crippen molar-refractivity contribution in [1.82, 2.24) is 5.32 Å². The smallest absolute Gasteiger partial charge is 0.272 e. The second kappa shape index (κ2) is 8.38. The van der Waals surface area contributed by atoms with Crippen molar-refractivity contribution in [3.63, 3.8) is 0 Å². The van der Waals surface area contributed by atoms with Crippen LogP contribution in [-0.2, 0) is 4.79 Å². The summed E-state index contributed by atoms with van der Waals surface area (Å²) in [5.41, 5.74) is 2.00. The fourth-order valence-corrected chi connectivity index (χ4v) is 2.57. The summed E-state index contributed by atoms with van der Waals surface area (Å²) in [6, 6.07) is 17.3. The third-order valence-corrected chi connectivity index (χ3v) is 4.08. The van der Waals surface area contributed by atoms with Gasteiger partial charge in [0, 0.05) is 11.8 Å². The predicted octanol–water partition coefficient (Wildman–Crippen LogP) is 4.65. The highest BCUT2D eigenvalue weighted by Crippen LogP contribution is 2.16. The number of amides is 2. The molecule has 3 aromatic rings. The van der Waals surface area contributed by atoms with Gasteiger partial charge in [0.1, 0.15) is 11.5 Å². The van der Waals surface area contributed by atoms with Crippen molar-refractivity contribution in [2.45, 2.75) is 6.92 Å². The van der Waals surface area contributed by atoms with Gasteiger partial charge in [0.25, 0.3) is 11.8 Å². The van der Waals surface area contributed by atoms with Crippen molar-refractivity contribution in [2.75, 3.05) is 5.32 Å². The van der Waals surface area contributed by atoms with E-state index in [9.17, 15) is 9.59 Å². The molecule has 2 aromatic carbocycles. The summed E-state index contributed by atoms with van der Waals surface area (Å²) < 4.78 is 5.26. The Labute approximate surface area is 161 Å². The molecule has 0 aliphatic carbocycles. The van der Waals surface area contributed by atoms with Crippen LogP contribution in [0.5, 0.6) is 0 Å². The first kappa shape index (κ1) is 18.5. The molecule has 2 amide bonds. The van der Waals surface area contributed by atoms with Gasteiger partial charge in [0.2, 0.25) is 0 Å². The molecule has 1 aromatic heterocycles. The first-order chi connectivity index (χ1) is 13.0. The minimum absolute atomic E-state index is 0.0374. The number of furan rings is 1. The topological polar surface area (TPSA) is 71.3 Å². The van der Waals surface area contributed by atoms with Crippen molar-refractivity contribution >= 4 is 35.2 Å². The van der Waals surface area contributed by atoms with Gasteiger partial charge in [-0.05, 0) is 43.3 Å². The van der Waals surface area contributed by atoms with E-state index >= 15 is 0 Å². The zero-order valence-corrected chi connectivity index (χ0v) is 15.3. The van der Waals surface area contributed by atoms with Crippen molar-refractivity contribution in [1.29, 1.82) is 0 Å². The first-order valence-electron chi connectivity index (χ1n) is 8.22. The second-order valence-electron chi connectivity index (χ2n) is 5.83. The first-order valence-corrected chi connectivity index (χ1v) is 8.60. The minimum Gasteiger partial charge on any atom is -0.465 e. The van der Waals surface area contributed by atoms with Crippen LogP contribution in [0.2, 0.25) is 5.02 Å². The van der Waals surface area contributed by atoms with Crippen LogP contribution in [0.3, 0.4) is 0 Å². The lowest BCUT2D eigenvalue weighted by Gasteiger charge is -2.11. The molecule has 0 bridgehead atoms. The van der Waals surface area contributed by atoms with Crippen LogP contribution in [0.15, 0.2) is 77.0 Å². The number of rotatable bonds is 5. The Hall–Kier alpha value is -3.31. The van der Waals surface area contributed by atoms with E-state index in [1.54, 1.807) is 48.5 Å². The lowest BCUT2D eigenvalue weighted by atomic mass is 10.2. The molecule has 0 aliphatic heterocycles. The molecule has 0 spiro atoms. The van der Waals surface area contributed by atoms with Gasteiger partial charge in [-0.1, -0.05) is 41.4 Å². The number of hydrogen-bond donors (Lipinski definition) is 2. The Morgan fingerprint density at radius 3 is 2.41 bits per heavy atom. The zero-order chi connectivity index (χ0) is 19.2. The highest BCUT2D eigenvalue weighted by Gasteiger charge is 2.17. The van der Waals surface area contributed by atoms with Crippen LogP contribution < -0.4 is 10.6 Å². The van der Waals surface area contributed by atoms with E-state index in [4.69, 9.17) is 16.0 Å². The van der Waals surface area contributed by atoms with Gasteiger partial charge >= 0.3 is 0 Å². The number of anilines is 1. The molecular formula is C21H17ClN2O3. The van der Waals surface area contributed by atoms with Gasteiger partial charge in [0.05, 0.1) is 16.8 Å². The van der Waals surface area contributed by atoms with Gasteiger partial charge in [-0.2, -0.15) is 0 Å². The molecule has 2 N–H and O–H groups in total. The zero-order valence-electron chi connectivity index (χ0n) is 14.5. The van der Waals surface area contributed by atoms with Gasteiger partial charge in [0.15, 0.2) is 0 Å². The Morgan fingerprint density at radius 2 is 1.74 bits per heavy atom. The van der Waals surface area contributed by atoms with E-state index in [-0.39, 0.29) is 11.3 Å². The molecule has 0 fully saturated rings. The number of hydrogen-bond acceptors (Lipinski definition) is 3. The summed E-state index contributed by atoms with van der Waals surface area (Å²) in [6.45, 7) is 1.96. The number of carbonyl (C=O) groups is 2. The van der Waals surface area contributed by atoms with E-state index in [0.717, 1.165) is 5.56 Å².